The molecule has 4 rings (SSSR count). The van der Waals surface area contributed by atoms with Crippen LogP contribution in [-0.4, -0.2) is 15.0 Å². The Morgan fingerprint density at radius 2 is 1.91 bits per heavy atom. The Morgan fingerprint density at radius 1 is 1.04 bits per heavy atom. The number of benzene rings is 1. The molecule has 0 saturated heterocycles. The first kappa shape index (κ1) is 14.6. The van der Waals surface area contributed by atoms with Gasteiger partial charge in [-0.1, -0.05) is 22.9 Å². The highest BCUT2D eigenvalue weighted by Gasteiger charge is 2.06. The minimum Gasteiger partial charge on any atom is -0.380 e. The predicted octanol–water partition coefficient (Wildman–Crippen LogP) is 5.08. The third kappa shape index (κ3) is 3.19. The number of pyridine rings is 1. The molecule has 3 heterocycles. The number of hydrogen-bond donors (Lipinski definition) is 1. The van der Waals surface area contributed by atoms with Crippen molar-refractivity contribution in [3.05, 3.63) is 58.1 Å². The van der Waals surface area contributed by atoms with E-state index in [2.05, 4.69) is 44.5 Å². The van der Waals surface area contributed by atoms with Gasteiger partial charge in [0.15, 0.2) is 4.47 Å². The molecule has 0 unspecified atom stereocenters. The van der Waals surface area contributed by atoms with Crippen molar-refractivity contribution >= 4 is 50.3 Å². The Hall–Kier alpha value is -2.02. The summed E-state index contributed by atoms with van der Waals surface area (Å²) < 4.78 is 0.571. The highest BCUT2D eigenvalue weighted by atomic mass is 35.5. The lowest BCUT2D eigenvalue weighted by Gasteiger charge is -2.05. The summed E-state index contributed by atoms with van der Waals surface area (Å²) in [6, 6.07) is 12.1. The second-order valence-electron chi connectivity index (χ2n) is 4.86. The fraction of sp³-hybridized carbons (Fsp3) is 0.0625. The zero-order chi connectivity index (χ0) is 15.6. The smallest absolute Gasteiger partial charge is 0.183 e. The molecule has 114 valence electrons. The minimum absolute atomic E-state index is 0.571. The van der Waals surface area contributed by atoms with E-state index in [0.717, 1.165) is 38.0 Å². The van der Waals surface area contributed by atoms with E-state index in [1.807, 2.05) is 12.1 Å². The summed E-state index contributed by atoms with van der Waals surface area (Å²) in [6.07, 6.45) is 3.59. The summed E-state index contributed by atoms with van der Waals surface area (Å²) in [7, 11) is 0. The Balaban J connectivity index is 1.51. The van der Waals surface area contributed by atoms with Crippen LogP contribution in [0.2, 0.25) is 4.47 Å². The molecule has 0 amide bonds. The Kier molecular flexibility index (Phi) is 3.95. The lowest BCUT2D eigenvalue weighted by Crippen LogP contribution is -1.96. The van der Waals surface area contributed by atoms with Gasteiger partial charge in [-0.25, -0.2) is 15.0 Å². The zero-order valence-corrected chi connectivity index (χ0v) is 14.3. The number of aromatic nitrogens is 3. The molecule has 3 aromatic heterocycles. The van der Waals surface area contributed by atoms with Crippen LogP contribution in [0.4, 0.5) is 5.69 Å². The number of nitrogens with zero attached hydrogens (tertiary/aromatic N) is 3. The van der Waals surface area contributed by atoms with Gasteiger partial charge in [0, 0.05) is 28.5 Å². The number of fused-ring (bicyclic) bond motifs is 1. The van der Waals surface area contributed by atoms with Gasteiger partial charge in [-0.2, -0.15) is 0 Å². The summed E-state index contributed by atoms with van der Waals surface area (Å²) in [6.45, 7) is 0.717. The first-order chi connectivity index (χ1) is 11.3. The third-order valence-electron chi connectivity index (χ3n) is 3.29. The maximum absolute atomic E-state index is 5.83. The first-order valence-electron chi connectivity index (χ1n) is 6.94. The second kappa shape index (κ2) is 6.23. The van der Waals surface area contributed by atoms with Crippen LogP contribution in [0.5, 0.6) is 0 Å². The molecule has 7 heteroatoms. The molecule has 0 bridgehead atoms. The monoisotopic (exact) mass is 358 g/mol. The highest BCUT2D eigenvalue weighted by Crippen LogP contribution is 2.29. The van der Waals surface area contributed by atoms with Gasteiger partial charge in [-0.3, -0.25) is 0 Å². The van der Waals surface area contributed by atoms with Crippen molar-refractivity contribution in [2.24, 2.45) is 0 Å². The molecule has 0 aliphatic rings. The fourth-order valence-corrected chi connectivity index (χ4v) is 4.01. The van der Waals surface area contributed by atoms with E-state index >= 15 is 0 Å². The molecule has 4 nitrogen and oxygen atoms in total. The van der Waals surface area contributed by atoms with E-state index in [9.17, 15) is 0 Å². The van der Waals surface area contributed by atoms with Gasteiger partial charge in [0.05, 0.1) is 6.54 Å². The maximum Gasteiger partial charge on any atom is 0.183 e. The van der Waals surface area contributed by atoms with Gasteiger partial charge >= 0.3 is 0 Å². The largest absolute Gasteiger partial charge is 0.380 e. The van der Waals surface area contributed by atoms with Gasteiger partial charge in [0.2, 0.25) is 0 Å². The molecular formula is C16H11ClN4S2. The van der Waals surface area contributed by atoms with Crippen LogP contribution in [0.3, 0.4) is 0 Å². The van der Waals surface area contributed by atoms with Crippen molar-refractivity contribution in [2.75, 3.05) is 5.32 Å². The van der Waals surface area contributed by atoms with Gasteiger partial charge in [0.1, 0.15) is 15.4 Å². The highest BCUT2D eigenvalue weighted by molar-refractivity contribution is 7.21. The van der Waals surface area contributed by atoms with Crippen LogP contribution >= 0.6 is 34.3 Å². The van der Waals surface area contributed by atoms with E-state index in [-0.39, 0.29) is 0 Å². The van der Waals surface area contributed by atoms with Crippen LogP contribution in [0.1, 0.15) is 4.88 Å². The molecule has 0 saturated carbocycles. The summed E-state index contributed by atoms with van der Waals surface area (Å²) in [5.41, 5.74) is 3.09. The van der Waals surface area contributed by atoms with Crippen molar-refractivity contribution in [3.8, 4) is 10.6 Å². The molecule has 0 fully saturated rings. The standard InChI is InChI=1S/C16H11ClN4S2/c17-16-20-9-12(22-16)8-19-11-5-3-10(4-6-11)14-21-13-2-1-7-18-15(13)23-14/h1-7,9,19H,8H2. The minimum atomic E-state index is 0.571. The normalized spacial score (nSPS) is 11.0. The number of thiazole rings is 2. The second-order valence-corrected chi connectivity index (χ2v) is 7.53. The van der Waals surface area contributed by atoms with Crippen LogP contribution in [0, 0.1) is 0 Å². The summed E-state index contributed by atoms with van der Waals surface area (Å²) in [4.78, 5) is 15.1. The molecule has 1 N–H and O–H groups in total. The Bertz CT molecular complexity index is 913. The third-order valence-corrected chi connectivity index (χ3v) is 5.43. The predicted molar refractivity (Wildman–Crippen MR) is 97.3 cm³/mol. The quantitative estimate of drug-likeness (QED) is 0.552. The van der Waals surface area contributed by atoms with Crippen LogP contribution in [-0.2, 0) is 6.54 Å². The van der Waals surface area contributed by atoms with Crippen LogP contribution < -0.4 is 5.32 Å². The van der Waals surface area contributed by atoms with Crippen molar-refractivity contribution in [3.63, 3.8) is 0 Å². The lowest BCUT2D eigenvalue weighted by atomic mass is 10.2. The molecular weight excluding hydrogens is 348 g/mol. The Labute approximate surface area is 145 Å². The molecule has 4 aromatic rings. The number of nitrogens with one attached hydrogen (secondary N) is 1. The maximum atomic E-state index is 5.83. The molecule has 0 spiro atoms. The zero-order valence-electron chi connectivity index (χ0n) is 11.9. The molecule has 1 aromatic carbocycles. The fourth-order valence-electron chi connectivity index (χ4n) is 2.18. The van der Waals surface area contributed by atoms with Crippen molar-refractivity contribution < 1.29 is 0 Å². The number of rotatable bonds is 4. The molecule has 23 heavy (non-hydrogen) atoms. The van der Waals surface area contributed by atoms with Crippen molar-refractivity contribution in [1.29, 1.82) is 0 Å². The molecule has 0 atom stereocenters. The van der Waals surface area contributed by atoms with Gasteiger partial charge in [-0.05, 0) is 36.4 Å². The van der Waals surface area contributed by atoms with Crippen molar-refractivity contribution in [1.82, 2.24) is 15.0 Å². The van der Waals surface area contributed by atoms with E-state index in [4.69, 9.17) is 11.6 Å². The van der Waals surface area contributed by atoms with E-state index in [0.29, 0.717) is 4.47 Å². The van der Waals surface area contributed by atoms with E-state index in [1.165, 1.54) is 11.3 Å². The molecule has 0 radical (unpaired) electrons. The van der Waals surface area contributed by atoms with Crippen LogP contribution in [0.15, 0.2) is 48.8 Å². The van der Waals surface area contributed by atoms with Crippen LogP contribution in [0.25, 0.3) is 20.9 Å². The summed E-state index contributed by atoms with van der Waals surface area (Å²) >= 11 is 8.92. The van der Waals surface area contributed by atoms with E-state index in [1.54, 1.807) is 23.7 Å². The van der Waals surface area contributed by atoms with Gasteiger partial charge < -0.3 is 5.32 Å². The van der Waals surface area contributed by atoms with E-state index < -0.39 is 0 Å². The average Bonchev–Trinajstić information content (AvgIpc) is 3.19. The summed E-state index contributed by atoms with van der Waals surface area (Å²) in [5.74, 6) is 0. The number of hydrogen-bond acceptors (Lipinski definition) is 6. The lowest BCUT2D eigenvalue weighted by molar-refractivity contribution is 1.17. The number of halogens is 1. The topological polar surface area (TPSA) is 50.7 Å². The van der Waals surface area contributed by atoms with Crippen molar-refractivity contribution in [2.45, 2.75) is 6.54 Å². The van der Waals surface area contributed by atoms with Gasteiger partial charge in [-0.15, -0.1) is 11.3 Å². The van der Waals surface area contributed by atoms with Gasteiger partial charge in [0.25, 0.3) is 0 Å². The first-order valence-corrected chi connectivity index (χ1v) is 8.95. The summed E-state index contributed by atoms with van der Waals surface area (Å²) in [5, 5.41) is 4.35. The SMILES string of the molecule is Clc1ncc(CNc2ccc(-c3nc4cccnc4s3)cc2)s1. The molecule has 0 aliphatic heterocycles. The molecule has 0 aliphatic carbocycles. The number of anilines is 1. The average molecular weight is 359 g/mol. The Morgan fingerprint density at radius 3 is 2.65 bits per heavy atom.